The highest BCUT2D eigenvalue weighted by Gasteiger charge is 2.35. The molecule has 98 valence electrons. The third-order valence-electron chi connectivity index (χ3n) is 3.28. The molecule has 1 fully saturated rings. The molecule has 0 aliphatic heterocycles. The van der Waals surface area contributed by atoms with Gasteiger partial charge in [-0.15, -0.1) is 6.42 Å². The quantitative estimate of drug-likeness (QED) is 0.412. The standard InChI is InChI=1S/C15H20O3/c1-3-5-6-7-13-12(8-9-14(13)16)11-15(17)18-10-4-2/h2,5-6,12-13H,3,7-11H2,1H3. The Hall–Kier alpha value is -1.56. The fourth-order valence-corrected chi connectivity index (χ4v) is 2.35. The maximum absolute atomic E-state index is 11.8. The number of esters is 1. The number of Topliss-reactive ketones (excluding diaryl/α,β-unsaturated/α-hetero) is 1. The van der Waals surface area contributed by atoms with E-state index in [0.717, 1.165) is 19.3 Å². The van der Waals surface area contributed by atoms with Crippen LogP contribution in [0.4, 0.5) is 0 Å². The van der Waals surface area contributed by atoms with Gasteiger partial charge < -0.3 is 4.74 Å². The second-order valence-corrected chi connectivity index (χ2v) is 4.56. The summed E-state index contributed by atoms with van der Waals surface area (Å²) in [5.41, 5.74) is 0. The first kappa shape index (κ1) is 14.5. The number of rotatable bonds is 6. The van der Waals surface area contributed by atoms with Gasteiger partial charge >= 0.3 is 5.97 Å². The predicted octanol–water partition coefficient (Wildman–Crippen LogP) is 2.50. The van der Waals surface area contributed by atoms with E-state index in [1.807, 2.05) is 6.08 Å². The average molecular weight is 248 g/mol. The van der Waals surface area contributed by atoms with Gasteiger partial charge in [-0.2, -0.15) is 0 Å². The molecule has 1 saturated carbocycles. The topological polar surface area (TPSA) is 43.4 Å². The predicted molar refractivity (Wildman–Crippen MR) is 69.7 cm³/mol. The molecule has 3 nitrogen and oxygen atoms in total. The van der Waals surface area contributed by atoms with Crippen molar-refractivity contribution in [2.24, 2.45) is 11.8 Å². The van der Waals surface area contributed by atoms with Gasteiger partial charge in [0.2, 0.25) is 0 Å². The van der Waals surface area contributed by atoms with Gasteiger partial charge in [0.25, 0.3) is 0 Å². The summed E-state index contributed by atoms with van der Waals surface area (Å²) in [6, 6.07) is 0. The number of hydrogen-bond acceptors (Lipinski definition) is 3. The van der Waals surface area contributed by atoms with Gasteiger partial charge in [-0.3, -0.25) is 9.59 Å². The van der Waals surface area contributed by atoms with Crippen LogP contribution in [0.3, 0.4) is 0 Å². The Morgan fingerprint density at radius 2 is 2.33 bits per heavy atom. The molecule has 0 amide bonds. The minimum Gasteiger partial charge on any atom is -0.452 e. The van der Waals surface area contributed by atoms with E-state index in [-0.39, 0.29) is 30.2 Å². The largest absolute Gasteiger partial charge is 0.452 e. The molecule has 1 aliphatic rings. The van der Waals surface area contributed by atoms with Crippen molar-refractivity contribution >= 4 is 11.8 Å². The van der Waals surface area contributed by atoms with Crippen LogP contribution in [0, 0.1) is 24.2 Å². The normalized spacial score (nSPS) is 23.2. The van der Waals surface area contributed by atoms with Crippen molar-refractivity contribution in [3.8, 4) is 12.3 Å². The molecule has 0 aromatic rings. The molecule has 1 aliphatic carbocycles. The Kier molecular flexibility index (Phi) is 6.21. The number of allylic oxidation sites excluding steroid dienone is 2. The minimum absolute atomic E-state index is 0.0138. The van der Waals surface area contributed by atoms with Crippen molar-refractivity contribution in [2.45, 2.75) is 39.0 Å². The van der Waals surface area contributed by atoms with Gasteiger partial charge in [0.05, 0.1) is 0 Å². The summed E-state index contributed by atoms with van der Waals surface area (Å²) in [6.45, 7) is 2.07. The summed E-state index contributed by atoms with van der Waals surface area (Å²) >= 11 is 0. The number of hydrogen-bond donors (Lipinski definition) is 0. The fourth-order valence-electron chi connectivity index (χ4n) is 2.35. The zero-order valence-electron chi connectivity index (χ0n) is 10.9. The lowest BCUT2D eigenvalue weighted by atomic mass is 9.89. The summed E-state index contributed by atoms with van der Waals surface area (Å²) in [4.78, 5) is 23.2. The number of terminal acetylenes is 1. The van der Waals surface area contributed by atoms with Crippen molar-refractivity contribution in [3.63, 3.8) is 0 Å². The summed E-state index contributed by atoms with van der Waals surface area (Å²) in [7, 11) is 0. The van der Waals surface area contributed by atoms with Gasteiger partial charge in [0.1, 0.15) is 5.78 Å². The summed E-state index contributed by atoms with van der Waals surface area (Å²) in [6.07, 6.45) is 12.5. The van der Waals surface area contributed by atoms with Crippen molar-refractivity contribution in [3.05, 3.63) is 12.2 Å². The van der Waals surface area contributed by atoms with Gasteiger partial charge in [-0.1, -0.05) is 25.0 Å². The summed E-state index contributed by atoms with van der Waals surface area (Å²) in [5.74, 6) is 2.33. The monoisotopic (exact) mass is 248 g/mol. The number of carbonyl (C=O) groups excluding carboxylic acids is 2. The number of carbonyl (C=O) groups is 2. The van der Waals surface area contributed by atoms with E-state index in [1.165, 1.54) is 0 Å². The molecule has 0 saturated heterocycles. The van der Waals surface area contributed by atoms with Crippen LogP contribution in [0.25, 0.3) is 0 Å². The molecule has 0 N–H and O–H groups in total. The van der Waals surface area contributed by atoms with Gasteiger partial charge in [-0.05, 0) is 25.2 Å². The lowest BCUT2D eigenvalue weighted by Crippen LogP contribution is -2.18. The molecule has 2 unspecified atom stereocenters. The van der Waals surface area contributed by atoms with Crippen LogP contribution in [-0.4, -0.2) is 18.4 Å². The first-order valence-corrected chi connectivity index (χ1v) is 6.45. The Balaban J connectivity index is 2.48. The van der Waals surface area contributed by atoms with Crippen molar-refractivity contribution < 1.29 is 14.3 Å². The molecule has 2 atom stereocenters. The minimum atomic E-state index is -0.294. The van der Waals surface area contributed by atoms with E-state index in [0.29, 0.717) is 12.8 Å². The Morgan fingerprint density at radius 3 is 3.00 bits per heavy atom. The summed E-state index contributed by atoms with van der Waals surface area (Å²) < 4.78 is 4.86. The Labute approximate surface area is 109 Å². The van der Waals surface area contributed by atoms with E-state index in [2.05, 4.69) is 18.9 Å². The molecular formula is C15H20O3. The molecule has 0 radical (unpaired) electrons. The molecule has 0 aromatic heterocycles. The lowest BCUT2D eigenvalue weighted by molar-refractivity contribution is -0.143. The first-order chi connectivity index (χ1) is 8.69. The van der Waals surface area contributed by atoms with Crippen LogP contribution in [0.2, 0.25) is 0 Å². The van der Waals surface area contributed by atoms with E-state index < -0.39 is 0 Å². The Morgan fingerprint density at radius 1 is 1.56 bits per heavy atom. The highest BCUT2D eigenvalue weighted by molar-refractivity contribution is 5.84. The molecule has 1 rings (SSSR count). The molecule has 18 heavy (non-hydrogen) atoms. The lowest BCUT2D eigenvalue weighted by Gasteiger charge is -2.15. The van der Waals surface area contributed by atoms with E-state index in [9.17, 15) is 9.59 Å². The second kappa shape index (κ2) is 7.71. The molecular weight excluding hydrogens is 228 g/mol. The van der Waals surface area contributed by atoms with Crippen LogP contribution in [0.15, 0.2) is 12.2 Å². The van der Waals surface area contributed by atoms with Crippen molar-refractivity contribution in [1.82, 2.24) is 0 Å². The number of ether oxygens (including phenoxy) is 1. The van der Waals surface area contributed by atoms with Crippen LogP contribution >= 0.6 is 0 Å². The zero-order chi connectivity index (χ0) is 13.4. The molecule has 0 heterocycles. The average Bonchev–Trinajstić information content (AvgIpc) is 2.69. The van der Waals surface area contributed by atoms with Gasteiger partial charge in [0.15, 0.2) is 6.61 Å². The van der Waals surface area contributed by atoms with Crippen LogP contribution in [-0.2, 0) is 14.3 Å². The van der Waals surface area contributed by atoms with Gasteiger partial charge in [-0.25, -0.2) is 0 Å². The van der Waals surface area contributed by atoms with Crippen LogP contribution in [0.1, 0.15) is 39.0 Å². The highest BCUT2D eigenvalue weighted by atomic mass is 16.5. The summed E-state index contributed by atoms with van der Waals surface area (Å²) in [5, 5.41) is 0. The highest BCUT2D eigenvalue weighted by Crippen LogP contribution is 2.34. The van der Waals surface area contributed by atoms with E-state index in [4.69, 9.17) is 11.2 Å². The third kappa shape index (κ3) is 4.37. The molecule has 0 aromatic carbocycles. The molecule has 3 heteroatoms. The van der Waals surface area contributed by atoms with Crippen LogP contribution in [0.5, 0.6) is 0 Å². The maximum Gasteiger partial charge on any atom is 0.307 e. The van der Waals surface area contributed by atoms with Crippen LogP contribution < -0.4 is 0 Å². The Bertz CT molecular complexity index is 362. The van der Waals surface area contributed by atoms with E-state index >= 15 is 0 Å². The maximum atomic E-state index is 11.8. The van der Waals surface area contributed by atoms with Gasteiger partial charge in [0, 0.05) is 18.8 Å². The SMILES string of the molecule is C#CCOC(=O)CC1CCC(=O)C1CC=CCC. The zero-order valence-corrected chi connectivity index (χ0v) is 10.9. The smallest absolute Gasteiger partial charge is 0.307 e. The van der Waals surface area contributed by atoms with Crippen molar-refractivity contribution in [1.29, 1.82) is 0 Å². The molecule has 0 bridgehead atoms. The second-order valence-electron chi connectivity index (χ2n) is 4.56. The first-order valence-electron chi connectivity index (χ1n) is 6.45. The molecule has 0 spiro atoms. The van der Waals surface area contributed by atoms with Crippen molar-refractivity contribution in [2.75, 3.05) is 6.61 Å². The third-order valence-corrected chi connectivity index (χ3v) is 3.28. The number of ketones is 1. The van der Waals surface area contributed by atoms with E-state index in [1.54, 1.807) is 0 Å². The fraction of sp³-hybridized carbons (Fsp3) is 0.600.